The molecule has 0 heteroatoms. The molecule has 0 aromatic rings. The molecule has 0 unspecified atom stereocenters. The van der Waals surface area contributed by atoms with E-state index in [-0.39, 0.29) is 0 Å². The standard InChI is InChI=1S/C32H50/c1-2-10-16-22-28-32(30-25-19-13-7-4-8-14-20-26-30)31(27-21-15-9-1)29-23-17-11-5-3-6-12-18-24-29/h11,17,23,25,27-28H,1-10,12-16,18-22,24,26H2/b17-11+,29-23+,30-25+,31-27?,32-28+. The summed E-state index contributed by atoms with van der Waals surface area (Å²) in [6.45, 7) is 0. The molecule has 0 saturated carbocycles. The molecule has 3 aliphatic rings. The molecule has 0 fully saturated rings. The third-order valence-electron chi connectivity index (χ3n) is 7.63. The fourth-order valence-electron chi connectivity index (χ4n) is 5.63. The van der Waals surface area contributed by atoms with Gasteiger partial charge >= 0.3 is 0 Å². The van der Waals surface area contributed by atoms with Crippen LogP contribution in [0.25, 0.3) is 0 Å². The lowest BCUT2D eigenvalue weighted by Gasteiger charge is -2.21. The molecule has 0 N–H and O–H groups in total. The molecular formula is C32H50. The van der Waals surface area contributed by atoms with Crippen LogP contribution in [0.1, 0.15) is 141 Å². The maximum absolute atomic E-state index is 2.66. The molecule has 0 spiro atoms. The van der Waals surface area contributed by atoms with E-state index in [1.54, 1.807) is 22.3 Å². The van der Waals surface area contributed by atoms with Gasteiger partial charge in [0, 0.05) is 0 Å². The molecule has 0 atom stereocenters. The summed E-state index contributed by atoms with van der Waals surface area (Å²) in [4.78, 5) is 0. The van der Waals surface area contributed by atoms with E-state index in [9.17, 15) is 0 Å². The number of hydrogen-bond acceptors (Lipinski definition) is 0. The van der Waals surface area contributed by atoms with Crippen LogP contribution in [-0.4, -0.2) is 0 Å². The van der Waals surface area contributed by atoms with Gasteiger partial charge in [-0.05, 0) is 99.3 Å². The monoisotopic (exact) mass is 434 g/mol. The van der Waals surface area contributed by atoms with Crippen molar-refractivity contribution in [3.8, 4) is 0 Å². The van der Waals surface area contributed by atoms with Crippen molar-refractivity contribution in [2.75, 3.05) is 0 Å². The first-order valence-electron chi connectivity index (χ1n) is 14.4. The average Bonchev–Trinajstić information content (AvgIpc) is 2.81. The molecule has 0 aromatic carbocycles. The van der Waals surface area contributed by atoms with Gasteiger partial charge in [-0.1, -0.05) is 101 Å². The Kier molecular flexibility index (Phi) is 12.9. The van der Waals surface area contributed by atoms with Gasteiger partial charge < -0.3 is 0 Å². The minimum Gasteiger partial charge on any atom is -0.0845 e. The fourth-order valence-corrected chi connectivity index (χ4v) is 5.63. The van der Waals surface area contributed by atoms with Gasteiger partial charge in [-0.25, -0.2) is 0 Å². The van der Waals surface area contributed by atoms with Crippen molar-refractivity contribution >= 4 is 0 Å². The molecule has 0 heterocycles. The van der Waals surface area contributed by atoms with E-state index >= 15 is 0 Å². The number of hydrogen-bond donors (Lipinski definition) is 0. The van der Waals surface area contributed by atoms with Crippen molar-refractivity contribution in [3.63, 3.8) is 0 Å². The maximum atomic E-state index is 2.66. The lowest BCUT2D eigenvalue weighted by molar-refractivity contribution is 0.585. The molecule has 0 nitrogen and oxygen atoms in total. The normalized spacial score (nSPS) is 29.9. The van der Waals surface area contributed by atoms with E-state index in [1.807, 2.05) is 0 Å². The largest absolute Gasteiger partial charge is 0.0845 e. The molecule has 0 aliphatic heterocycles. The van der Waals surface area contributed by atoms with Gasteiger partial charge in [0.2, 0.25) is 0 Å². The van der Waals surface area contributed by atoms with Gasteiger partial charge in [0.15, 0.2) is 0 Å². The van der Waals surface area contributed by atoms with Crippen molar-refractivity contribution in [2.24, 2.45) is 0 Å². The summed E-state index contributed by atoms with van der Waals surface area (Å²) < 4.78 is 0. The zero-order chi connectivity index (χ0) is 22.1. The quantitative estimate of drug-likeness (QED) is 0.405. The van der Waals surface area contributed by atoms with Crippen molar-refractivity contribution < 1.29 is 0 Å². The lowest BCUT2D eigenvalue weighted by Crippen LogP contribution is -2.02. The van der Waals surface area contributed by atoms with Crippen LogP contribution in [0, 0.1) is 0 Å². The Morgan fingerprint density at radius 3 is 1.44 bits per heavy atom. The van der Waals surface area contributed by atoms with Crippen molar-refractivity contribution in [1.82, 2.24) is 0 Å². The minimum absolute atomic E-state index is 1.25. The molecule has 3 aliphatic carbocycles. The first kappa shape index (κ1) is 25.3. The van der Waals surface area contributed by atoms with Crippen LogP contribution >= 0.6 is 0 Å². The Labute approximate surface area is 200 Å². The first-order valence-corrected chi connectivity index (χ1v) is 14.4. The van der Waals surface area contributed by atoms with Crippen LogP contribution in [0.3, 0.4) is 0 Å². The first-order chi connectivity index (χ1) is 15.9. The van der Waals surface area contributed by atoms with Gasteiger partial charge in [0.25, 0.3) is 0 Å². The smallest absolute Gasteiger partial charge is 0.0192 e. The van der Waals surface area contributed by atoms with Crippen LogP contribution in [0.5, 0.6) is 0 Å². The van der Waals surface area contributed by atoms with E-state index < -0.39 is 0 Å². The Hall–Kier alpha value is -1.30. The SMILES string of the molecule is C1=C(/C2=C/C=C/CCCCCC2)C(/C2=C/CCCCCCCC2)=C/CCCCCCCC1. The predicted octanol–water partition coefficient (Wildman–Crippen LogP) is 10.9. The highest BCUT2D eigenvalue weighted by molar-refractivity contribution is 5.56. The van der Waals surface area contributed by atoms with Gasteiger partial charge in [-0.3, -0.25) is 0 Å². The molecule has 3 rings (SSSR count). The predicted molar refractivity (Wildman–Crippen MR) is 143 cm³/mol. The highest BCUT2D eigenvalue weighted by Crippen LogP contribution is 2.35. The highest BCUT2D eigenvalue weighted by Gasteiger charge is 2.16. The van der Waals surface area contributed by atoms with E-state index in [4.69, 9.17) is 0 Å². The summed E-state index contributed by atoms with van der Waals surface area (Å²) in [5, 5.41) is 0. The summed E-state index contributed by atoms with van der Waals surface area (Å²) >= 11 is 0. The van der Waals surface area contributed by atoms with Crippen LogP contribution in [0.2, 0.25) is 0 Å². The van der Waals surface area contributed by atoms with E-state index in [1.165, 1.54) is 141 Å². The lowest BCUT2D eigenvalue weighted by atomic mass is 9.84. The molecule has 0 saturated heterocycles. The van der Waals surface area contributed by atoms with Crippen molar-refractivity contribution in [3.05, 3.63) is 58.7 Å². The molecule has 178 valence electrons. The Morgan fingerprint density at radius 2 is 0.812 bits per heavy atom. The van der Waals surface area contributed by atoms with Crippen molar-refractivity contribution in [1.29, 1.82) is 0 Å². The van der Waals surface area contributed by atoms with Crippen LogP contribution < -0.4 is 0 Å². The minimum atomic E-state index is 1.25. The summed E-state index contributed by atoms with van der Waals surface area (Å²) in [5.41, 5.74) is 6.53. The van der Waals surface area contributed by atoms with E-state index in [2.05, 4.69) is 36.5 Å². The summed E-state index contributed by atoms with van der Waals surface area (Å²) in [7, 11) is 0. The van der Waals surface area contributed by atoms with Gasteiger partial charge in [0.05, 0.1) is 0 Å². The van der Waals surface area contributed by atoms with Crippen LogP contribution in [-0.2, 0) is 0 Å². The van der Waals surface area contributed by atoms with Crippen LogP contribution in [0.4, 0.5) is 0 Å². The molecule has 32 heavy (non-hydrogen) atoms. The van der Waals surface area contributed by atoms with E-state index in [0.29, 0.717) is 0 Å². The summed E-state index contributed by atoms with van der Waals surface area (Å²) in [6, 6.07) is 0. The van der Waals surface area contributed by atoms with Gasteiger partial charge in [-0.2, -0.15) is 0 Å². The van der Waals surface area contributed by atoms with E-state index in [0.717, 1.165) is 0 Å². The Balaban J connectivity index is 1.94. The molecule has 0 aromatic heterocycles. The second-order valence-corrected chi connectivity index (χ2v) is 10.4. The fraction of sp³-hybridized carbons (Fsp3) is 0.688. The third-order valence-corrected chi connectivity index (χ3v) is 7.63. The number of rotatable bonds is 2. The van der Waals surface area contributed by atoms with Crippen LogP contribution in [0.15, 0.2) is 58.7 Å². The second kappa shape index (κ2) is 16.3. The molecule has 0 radical (unpaired) electrons. The highest BCUT2D eigenvalue weighted by atomic mass is 14.2. The zero-order valence-electron chi connectivity index (χ0n) is 21.0. The molecular weight excluding hydrogens is 384 g/mol. The Bertz CT molecular complexity index is 666. The second-order valence-electron chi connectivity index (χ2n) is 10.4. The van der Waals surface area contributed by atoms with Crippen molar-refractivity contribution in [2.45, 2.75) is 141 Å². The topological polar surface area (TPSA) is 0 Å². The Morgan fingerprint density at radius 1 is 0.375 bits per heavy atom. The zero-order valence-corrected chi connectivity index (χ0v) is 21.0. The van der Waals surface area contributed by atoms with Gasteiger partial charge in [0.1, 0.15) is 0 Å². The summed E-state index contributed by atoms with van der Waals surface area (Å²) in [5.74, 6) is 0. The summed E-state index contributed by atoms with van der Waals surface area (Å²) in [6.07, 6.45) is 45.1. The average molecular weight is 435 g/mol. The van der Waals surface area contributed by atoms with Gasteiger partial charge in [-0.15, -0.1) is 0 Å². The number of allylic oxidation sites excluding steroid dienone is 10. The molecule has 0 bridgehead atoms. The third kappa shape index (κ3) is 9.68. The molecule has 0 amide bonds. The maximum Gasteiger partial charge on any atom is -0.0192 e.